The molecule has 1 atom stereocenters. The molecule has 2 aromatic rings. The number of nitrogens with zero attached hydrogens (tertiary/aromatic N) is 2. The van der Waals surface area contributed by atoms with Crippen molar-refractivity contribution in [2.75, 3.05) is 0 Å². The molecule has 0 spiro atoms. The summed E-state index contributed by atoms with van der Waals surface area (Å²) in [6.45, 7) is 0.959. The van der Waals surface area contributed by atoms with Crippen molar-refractivity contribution in [3.63, 3.8) is 0 Å². The maximum atomic E-state index is 11.7. The molecule has 2 rings (SSSR count). The Hall–Kier alpha value is -2.90. The molecule has 110 valence electrons. The number of aliphatic carboxylic acids is 1. The molecule has 0 radical (unpaired) electrons. The average Bonchev–Trinajstić information content (AvgIpc) is 2.95. The Morgan fingerprint density at radius 1 is 1.43 bits per heavy atom. The summed E-state index contributed by atoms with van der Waals surface area (Å²) in [5.74, 6) is -1.31. The molecule has 0 aromatic carbocycles. The molecule has 2 heterocycles. The van der Waals surface area contributed by atoms with E-state index >= 15 is 0 Å². The van der Waals surface area contributed by atoms with Crippen molar-refractivity contribution in [1.82, 2.24) is 15.1 Å². The minimum Gasteiger partial charge on any atom is -0.480 e. The Kier molecular flexibility index (Phi) is 4.17. The first-order chi connectivity index (χ1) is 9.97. The zero-order valence-corrected chi connectivity index (χ0v) is 11.1. The molecule has 0 aliphatic rings. The fraction of sp³-hybridized carbons (Fsp3) is 0.231. The summed E-state index contributed by atoms with van der Waals surface area (Å²) in [6, 6.07) is 5.05. The highest BCUT2D eigenvalue weighted by Crippen LogP contribution is 2.14. The molecular weight excluding hydrogens is 278 g/mol. The van der Waals surface area contributed by atoms with Gasteiger partial charge in [0.15, 0.2) is 5.76 Å². The molecule has 1 amide bonds. The normalized spacial score (nSPS) is 11.9. The van der Waals surface area contributed by atoms with Gasteiger partial charge in [0.1, 0.15) is 18.3 Å². The zero-order chi connectivity index (χ0) is 15.4. The van der Waals surface area contributed by atoms with Crippen LogP contribution >= 0.6 is 0 Å². The predicted molar refractivity (Wildman–Crippen MR) is 71.4 cm³/mol. The SMILES string of the molecule is CC(NC(=O)Cn1nc(-c2ccco2)ccc1=O)C(=O)O. The first kappa shape index (κ1) is 14.5. The van der Waals surface area contributed by atoms with Crippen molar-refractivity contribution in [2.45, 2.75) is 19.5 Å². The van der Waals surface area contributed by atoms with E-state index < -0.39 is 23.5 Å². The van der Waals surface area contributed by atoms with Crippen LogP contribution < -0.4 is 10.9 Å². The smallest absolute Gasteiger partial charge is 0.325 e. The van der Waals surface area contributed by atoms with Crippen LogP contribution in [0.4, 0.5) is 0 Å². The number of carbonyl (C=O) groups is 2. The summed E-state index contributed by atoms with van der Waals surface area (Å²) in [5.41, 5.74) is -0.0675. The third-order valence-electron chi connectivity index (χ3n) is 2.68. The molecule has 0 aliphatic heterocycles. The number of amides is 1. The Morgan fingerprint density at radius 2 is 2.19 bits per heavy atom. The van der Waals surface area contributed by atoms with Crippen LogP contribution in [0.1, 0.15) is 6.92 Å². The van der Waals surface area contributed by atoms with E-state index in [1.165, 1.54) is 25.3 Å². The average molecular weight is 291 g/mol. The number of hydrogen-bond acceptors (Lipinski definition) is 5. The highest BCUT2D eigenvalue weighted by molar-refractivity contribution is 5.83. The van der Waals surface area contributed by atoms with Gasteiger partial charge < -0.3 is 14.8 Å². The second-order valence-corrected chi connectivity index (χ2v) is 4.32. The fourth-order valence-corrected chi connectivity index (χ4v) is 1.60. The number of aromatic nitrogens is 2. The van der Waals surface area contributed by atoms with Crippen molar-refractivity contribution in [3.8, 4) is 11.5 Å². The second-order valence-electron chi connectivity index (χ2n) is 4.32. The molecule has 2 aromatic heterocycles. The Morgan fingerprint density at radius 3 is 2.81 bits per heavy atom. The van der Waals surface area contributed by atoms with Crippen molar-refractivity contribution in [2.24, 2.45) is 0 Å². The maximum Gasteiger partial charge on any atom is 0.325 e. The molecule has 8 heteroatoms. The molecule has 1 unspecified atom stereocenters. The lowest BCUT2D eigenvalue weighted by molar-refractivity contribution is -0.141. The minimum absolute atomic E-state index is 0.370. The van der Waals surface area contributed by atoms with E-state index in [4.69, 9.17) is 9.52 Å². The van der Waals surface area contributed by atoms with E-state index in [9.17, 15) is 14.4 Å². The molecular formula is C13H13N3O5. The van der Waals surface area contributed by atoms with Gasteiger partial charge in [0.25, 0.3) is 5.56 Å². The molecule has 0 saturated carbocycles. The van der Waals surface area contributed by atoms with Gasteiger partial charge in [-0.05, 0) is 25.1 Å². The molecule has 0 bridgehead atoms. The van der Waals surface area contributed by atoms with Gasteiger partial charge >= 0.3 is 5.97 Å². The summed E-state index contributed by atoms with van der Waals surface area (Å²) >= 11 is 0. The first-order valence-electron chi connectivity index (χ1n) is 6.11. The number of rotatable bonds is 5. The van der Waals surface area contributed by atoms with Crippen LogP contribution in [0, 0.1) is 0 Å². The van der Waals surface area contributed by atoms with Crippen LogP contribution in [0.5, 0.6) is 0 Å². The van der Waals surface area contributed by atoms with Gasteiger partial charge in [-0.2, -0.15) is 5.10 Å². The van der Waals surface area contributed by atoms with Crippen molar-refractivity contribution in [3.05, 3.63) is 40.9 Å². The largest absolute Gasteiger partial charge is 0.480 e. The van der Waals surface area contributed by atoms with Gasteiger partial charge in [0, 0.05) is 6.07 Å². The van der Waals surface area contributed by atoms with Gasteiger partial charge in [0.2, 0.25) is 5.91 Å². The van der Waals surface area contributed by atoms with E-state index in [-0.39, 0.29) is 6.54 Å². The monoisotopic (exact) mass is 291 g/mol. The van der Waals surface area contributed by atoms with Gasteiger partial charge in [-0.15, -0.1) is 0 Å². The van der Waals surface area contributed by atoms with Crippen molar-refractivity contribution >= 4 is 11.9 Å². The lowest BCUT2D eigenvalue weighted by Crippen LogP contribution is -2.41. The van der Waals surface area contributed by atoms with Crippen LogP contribution in [0.15, 0.2) is 39.7 Å². The topological polar surface area (TPSA) is 114 Å². The third kappa shape index (κ3) is 3.56. The molecule has 8 nitrogen and oxygen atoms in total. The molecule has 0 saturated heterocycles. The van der Waals surface area contributed by atoms with Crippen molar-refractivity contribution < 1.29 is 19.1 Å². The zero-order valence-electron chi connectivity index (χ0n) is 11.1. The number of furan rings is 1. The highest BCUT2D eigenvalue weighted by atomic mass is 16.4. The van der Waals surface area contributed by atoms with E-state index in [1.807, 2.05) is 0 Å². The first-order valence-corrected chi connectivity index (χ1v) is 6.11. The minimum atomic E-state index is -1.16. The Labute approximate surface area is 119 Å². The molecule has 21 heavy (non-hydrogen) atoms. The van der Waals surface area contributed by atoms with Gasteiger partial charge in [-0.3, -0.25) is 14.4 Å². The number of nitrogens with one attached hydrogen (secondary N) is 1. The van der Waals surface area contributed by atoms with E-state index in [0.717, 1.165) is 4.68 Å². The summed E-state index contributed by atoms with van der Waals surface area (Å²) in [4.78, 5) is 34.0. The molecule has 0 fully saturated rings. The van der Waals surface area contributed by atoms with Crippen LogP contribution in [-0.4, -0.2) is 32.8 Å². The predicted octanol–water partition coefficient (Wildman–Crippen LogP) is 0.0926. The number of carbonyl (C=O) groups excluding carboxylic acids is 1. The maximum absolute atomic E-state index is 11.7. The van der Waals surface area contributed by atoms with Crippen LogP contribution in [0.3, 0.4) is 0 Å². The summed E-state index contributed by atoms with van der Waals surface area (Å²) in [6.07, 6.45) is 1.47. The quantitative estimate of drug-likeness (QED) is 0.807. The van der Waals surface area contributed by atoms with Gasteiger partial charge in [-0.1, -0.05) is 0 Å². The number of hydrogen-bond donors (Lipinski definition) is 2. The van der Waals surface area contributed by atoms with Crippen molar-refractivity contribution in [1.29, 1.82) is 0 Å². The fourth-order valence-electron chi connectivity index (χ4n) is 1.60. The van der Waals surface area contributed by atoms with Crippen LogP contribution in [-0.2, 0) is 16.1 Å². The second kappa shape index (κ2) is 6.04. The van der Waals surface area contributed by atoms with Crippen LogP contribution in [0.25, 0.3) is 11.5 Å². The standard InChI is InChI=1S/C13H13N3O5/c1-8(13(19)20)14-11(17)7-16-12(18)5-4-9(15-16)10-3-2-6-21-10/h2-6,8H,7H2,1H3,(H,14,17)(H,19,20). The Bertz CT molecular complexity index is 705. The summed E-state index contributed by atoms with van der Waals surface area (Å²) in [5, 5.41) is 15.0. The number of carboxylic acid groups (broad SMARTS) is 1. The third-order valence-corrected chi connectivity index (χ3v) is 2.68. The lowest BCUT2D eigenvalue weighted by atomic mass is 10.3. The number of carboxylic acids is 1. The molecule has 2 N–H and O–H groups in total. The summed E-state index contributed by atoms with van der Waals surface area (Å²) in [7, 11) is 0. The summed E-state index contributed by atoms with van der Waals surface area (Å²) < 4.78 is 6.11. The van der Waals surface area contributed by atoms with Crippen LogP contribution in [0.2, 0.25) is 0 Å². The van der Waals surface area contributed by atoms with E-state index in [1.54, 1.807) is 12.1 Å². The van der Waals surface area contributed by atoms with Gasteiger partial charge in [0.05, 0.1) is 6.26 Å². The lowest BCUT2D eigenvalue weighted by Gasteiger charge is -2.10. The van der Waals surface area contributed by atoms with Gasteiger partial charge in [-0.25, -0.2) is 4.68 Å². The van der Waals surface area contributed by atoms with E-state index in [0.29, 0.717) is 11.5 Å². The highest BCUT2D eigenvalue weighted by Gasteiger charge is 2.15. The van der Waals surface area contributed by atoms with E-state index in [2.05, 4.69) is 10.4 Å². The Balaban J connectivity index is 2.16. The molecule has 0 aliphatic carbocycles.